The summed E-state index contributed by atoms with van der Waals surface area (Å²) in [6, 6.07) is 18.9. The number of rotatable bonds is 6. The second-order valence-electron chi connectivity index (χ2n) is 6.31. The van der Waals surface area contributed by atoms with Crippen LogP contribution in [-0.4, -0.2) is 26.8 Å². The number of para-hydroxylation sites is 1. The smallest absolute Gasteiger partial charge is 0.400 e. The minimum absolute atomic E-state index is 0.130. The van der Waals surface area contributed by atoms with Gasteiger partial charge in [0.2, 0.25) is 0 Å². The van der Waals surface area contributed by atoms with E-state index < -0.39 is 16.7 Å². The summed E-state index contributed by atoms with van der Waals surface area (Å²) >= 11 is 5.98. The van der Waals surface area contributed by atoms with Gasteiger partial charge in [0, 0.05) is 16.8 Å². The first-order valence-corrected chi connectivity index (χ1v) is 9.38. The summed E-state index contributed by atoms with van der Waals surface area (Å²) in [7, 11) is 0. The van der Waals surface area contributed by atoms with Crippen LogP contribution in [0, 0.1) is 10.1 Å². The molecule has 10 heteroatoms. The standard InChI is InChI=1S/C21H14ClN5O4/c22-15-8-6-14(7-9-15)20-18(13-26(25-20)16-4-2-1-3-5-16)21(28)24-23-12-17-10-11-19(31-17)27(29)30/h1-13H,(H,24,28). The van der Waals surface area contributed by atoms with Crippen LogP contribution in [0.4, 0.5) is 5.88 Å². The van der Waals surface area contributed by atoms with E-state index in [0.717, 1.165) is 5.69 Å². The molecule has 4 rings (SSSR count). The van der Waals surface area contributed by atoms with Crippen molar-refractivity contribution in [3.8, 4) is 16.9 Å². The molecule has 0 saturated heterocycles. The van der Waals surface area contributed by atoms with Crippen LogP contribution in [0.3, 0.4) is 0 Å². The quantitative estimate of drug-likeness (QED) is 0.273. The molecule has 2 aromatic carbocycles. The first-order valence-electron chi connectivity index (χ1n) is 9.00. The molecule has 1 N–H and O–H groups in total. The molecule has 0 spiro atoms. The first kappa shape index (κ1) is 20.0. The van der Waals surface area contributed by atoms with Gasteiger partial charge in [0.05, 0.1) is 23.5 Å². The number of furan rings is 1. The van der Waals surface area contributed by atoms with E-state index in [1.807, 2.05) is 30.3 Å². The van der Waals surface area contributed by atoms with Gasteiger partial charge in [-0.2, -0.15) is 10.2 Å². The minimum atomic E-state index is -0.660. The second kappa shape index (κ2) is 8.64. The van der Waals surface area contributed by atoms with Crippen LogP contribution in [0.25, 0.3) is 16.9 Å². The van der Waals surface area contributed by atoms with Gasteiger partial charge in [0.15, 0.2) is 5.76 Å². The minimum Gasteiger partial charge on any atom is -0.400 e. The molecule has 0 fully saturated rings. The molecule has 0 saturated carbocycles. The molecule has 0 aliphatic heterocycles. The molecule has 0 atom stereocenters. The SMILES string of the molecule is O=C(NN=Cc1ccc([N+](=O)[O-])o1)c1cn(-c2ccccc2)nc1-c1ccc(Cl)cc1. The van der Waals surface area contributed by atoms with E-state index in [2.05, 4.69) is 15.6 Å². The van der Waals surface area contributed by atoms with Crippen molar-refractivity contribution < 1.29 is 14.1 Å². The lowest BCUT2D eigenvalue weighted by molar-refractivity contribution is -0.402. The van der Waals surface area contributed by atoms with Crippen LogP contribution in [0.5, 0.6) is 0 Å². The number of nitrogens with zero attached hydrogens (tertiary/aromatic N) is 4. The molecule has 4 aromatic rings. The number of carbonyl (C=O) groups excluding carboxylic acids is 1. The van der Waals surface area contributed by atoms with Gasteiger partial charge >= 0.3 is 5.88 Å². The van der Waals surface area contributed by atoms with Crippen molar-refractivity contribution in [1.29, 1.82) is 0 Å². The third-order valence-electron chi connectivity index (χ3n) is 4.25. The molecule has 31 heavy (non-hydrogen) atoms. The summed E-state index contributed by atoms with van der Waals surface area (Å²) in [5.41, 5.74) is 4.61. The number of carbonyl (C=O) groups is 1. The number of amides is 1. The Morgan fingerprint density at radius 1 is 1.13 bits per heavy atom. The average Bonchev–Trinajstić information content (AvgIpc) is 3.43. The van der Waals surface area contributed by atoms with Gasteiger partial charge in [-0.1, -0.05) is 41.9 Å². The van der Waals surface area contributed by atoms with Gasteiger partial charge in [-0.25, -0.2) is 10.1 Å². The number of hydrogen-bond acceptors (Lipinski definition) is 6. The molecule has 0 aliphatic carbocycles. The molecule has 0 radical (unpaired) electrons. The predicted octanol–water partition coefficient (Wildman–Crippen LogP) is 4.46. The summed E-state index contributed by atoms with van der Waals surface area (Å²) in [5, 5.41) is 19.6. The van der Waals surface area contributed by atoms with E-state index in [0.29, 0.717) is 16.3 Å². The number of aromatic nitrogens is 2. The Bertz CT molecular complexity index is 1260. The van der Waals surface area contributed by atoms with Crippen molar-refractivity contribution in [3.63, 3.8) is 0 Å². The molecule has 2 heterocycles. The molecule has 9 nitrogen and oxygen atoms in total. The van der Waals surface area contributed by atoms with E-state index in [-0.39, 0.29) is 11.3 Å². The number of hydrogen-bond donors (Lipinski definition) is 1. The fourth-order valence-electron chi connectivity index (χ4n) is 2.80. The van der Waals surface area contributed by atoms with E-state index in [1.165, 1.54) is 18.3 Å². The number of nitrogens with one attached hydrogen (secondary N) is 1. The lowest BCUT2D eigenvalue weighted by Gasteiger charge is -2.01. The third-order valence-corrected chi connectivity index (χ3v) is 4.50. The Morgan fingerprint density at radius 2 is 1.87 bits per heavy atom. The second-order valence-corrected chi connectivity index (χ2v) is 6.75. The van der Waals surface area contributed by atoms with Gasteiger partial charge in [-0.3, -0.25) is 14.9 Å². The number of benzene rings is 2. The molecule has 0 unspecified atom stereocenters. The predicted molar refractivity (Wildman–Crippen MR) is 114 cm³/mol. The van der Waals surface area contributed by atoms with Crippen molar-refractivity contribution in [2.45, 2.75) is 0 Å². The maximum atomic E-state index is 12.8. The molecule has 2 aromatic heterocycles. The lowest BCUT2D eigenvalue weighted by atomic mass is 10.1. The van der Waals surface area contributed by atoms with E-state index in [4.69, 9.17) is 16.0 Å². The Labute approximate surface area is 180 Å². The monoisotopic (exact) mass is 435 g/mol. The van der Waals surface area contributed by atoms with E-state index >= 15 is 0 Å². The van der Waals surface area contributed by atoms with Gasteiger partial charge in [0.25, 0.3) is 5.91 Å². The largest absolute Gasteiger partial charge is 0.433 e. The van der Waals surface area contributed by atoms with Crippen molar-refractivity contribution in [2.75, 3.05) is 0 Å². The molecule has 0 aliphatic rings. The normalized spacial score (nSPS) is 11.0. The molecular weight excluding hydrogens is 422 g/mol. The first-order chi connectivity index (χ1) is 15.0. The molecule has 154 valence electrons. The fourth-order valence-corrected chi connectivity index (χ4v) is 2.92. The Kier molecular flexibility index (Phi) is 5.59. The number of hydrazone groups is 1. The van der Waals surface area contributed by atoms with Crippen LogP contribution < -0.4 is 5.43 Å². The van der Waals surface area contributed by atoms with Crippen molar-refractivity contribution in [1.82, 2.24) is 15.2 Å². The summed E-state index contributed by atoms with van der Waals surface area (Å²) in [5.74, 6) is -0.795. The van der Waals surface area contributed by atoms with E-state index in [1.54, 1.807) is 35.1 Å². The molecular formula is C21H14ClN5O4. The highest BCUT2D eigenvalue weighted by molar-refractivity contribution is 6.30. The molecule has 0 bridgehead atoms. The Morgan fingerprint density at radius 3 is 2.55 bits per heavy atom. The summed E-state index contributed by atoms with van der Waals surface area (Å²) in [4.78, 5) is 22.8. The van der Waals surface area contributed by atoms with Gasteiger partial charge in [0.1, 0.15) is 10.6 Å². The fraction of sp³-hybridized carbons (Fsp3) is 0. The summed E-state index contributed by atoms with van der Waals surface area (Å²) < 4.78 is 6.57. The summed E-state index contributed by atoms with van der Waals surface area (Å²) in [6.45, 7) is 0. The Balaban J connectivity index is 1.62. The topological polar surface area (TPSA) is 116 Å². The van der Waals surface area contributed by atoms with Gasteiger partial charge in [-0.15, -0.1) is 0 Å². The van der Waals surface area contributed by atoms with Gasteiger partial charge < -0.3 is 4.42 Å². The van der Waals surface area contributed by atoms with Crippen LogP contribution in [0.2, 0.25) is 5.02 Å². The Hall–Kier alpha value is -4.24. The van der Waals surface area contributed by atoms with Crippen molar-refractivity contribution >= 4 is 29.6 Å². The maximum absolute atomic E-state index is 12.8. The van der Waals surface area contributed by atoms with Crippen LogP contribution in [0.15, 0.2) is 82.4 Å². The van der Waals surface area contributed by atoms with E-state index in [9.17, 15) is 14.9 Å². The zero-order valence-corrected chi connectivity index (χ0v) is 16.6. The maximum Gasteiger partial charge on any atom is 0.433 e. The van der Waals surface area contributed by atoms with Crippen LogP contribution in [0.1, 0.15) is 16.1 Å². The highest BCUT2D eigenvalue weighted by Gasteiger charge is 2.18. The lowest BCUT2D eigenvalue weighted by Crippen LogP contribution is -2.17. The number of halogens is 1. The highest BCUT2D eigenvalue weighted by atomic mass is 35.5. The third kappa shape index (κ3) is 4.51. The average molecular weight is 436 g/mol. The highest BCUT2D eigenvalue weighted by Crippen LogP contribution is 2.25. The summed E-state index contributed by atoms with van der Waals surface area (Å²) in [6.07, 6.45) is 2.77. The van der Waals surface area contributed by atoms with Crippen LogP contribution >= 0.6 is 11.6 Å². The van der Waals surface area contributed by atoms with Gasteiger partial charge in [-0.05, 0) is 30.3 Å². The number of nitro groups is 1. The zero-order valence-electron chi connectivity index (χ0n) is 15.8. The van der Waals surface area contributed by atoms with Crippen molar-refractivity contribution in [3.05, 3.63) is 99.4 Å². The molecule has 1 amide bonds. The van der Waals surface area contributed by atoms with Crippen LogP contribution in [-0.2, 0) is 0 Å². The van der Waals surface area contributed by atoms with Crippen molar-refractivity contribution in [2.24, 2.45) is 5.10 Å². The zero-order chi connectivity index (χ0) is 21.8.